The van der Waals surface area contributed by atoms with Crippen LogP contribution in [0.5, 0.6) is 0 Å². The van der Waals surface area contributed by atoms with E-state index in [1.54, 1.807) is 12.1 Å². The molecule has 98 valence electrons. The number of nitrogens with one attached hydrogen (secondary N) is 2. The average molecular weight is 267 g/mol. The molecule has 2 N–H and O–H groups in total. The molecule has 0 amide bonds. The SMILES string of the molecule is CNC(C)(C)c1nc2c(S(C)(=O)=O)cccc2[nH]1. The molecule has 0 aliphatic carbocycles. The fourth-order valence-electron chi connectivity index (χ4n) is 1.72. The lowest BCUT2D eigenvalue weighted by molar-refractivity contribution is 0.421. The molecule has 0 unspecified atom stereocenters. The number of sulfone groups is 1. The Labute approximate surface area is 107 Å². The van der Waals surface area contributed by atoms with Gasteiger partial charge in [-0.15, -0.1) is 0 Å². The molecule has 0 saturated heterocycles. The van der Waals surface area contributed by atoms with Crippen molar-refractivity contribution in [2.75, 3.05) is 13.3 Å². The molecule has 1 aromatic carbocycles. The molecule has 6 heteroatoms. The van der Waals surface area contributed by atoms with Crippen LogP contribution >= 0.6 is 0 Å². The summed E-state index contributed by atoms with van der Waals surface area (Å²) < 4.78 is 23.4. The maximum Gasteiger partial charge on any atom is 0.177 e. The van der Waals surface area contributed by atoms with Gasteiger partial charge < -0.3 is 10.3 Å². The second-order valence-electron chi connectivity index (χ2n) is 4.88. The van der Waals surface area contributed by atoms with Gasteiger partial charge in [0.25, 0.3) is 0 Å². The van der Waals surface area contributed by atoms with Crippen LogP contribution in [0.15, 0.2) is 23.1 Å². The zero-order valence-corrected chi connectivity index (χ0v) is 11.7. The Balaban J connectivity index is 2.74. The molecule has 0 spiro atoms. The fraction of sp³-hybridized carbons (Fsp3) is 0.417. The molecular weight excluding hydrogens is 250 g/mol. The molecule has 0 aliphatic heterocycles. The topological polar surface area (TPSA) is 74.8 Å². The monoisotopic (exact) mass is 267 g/mol. The Hall–Kier alpha value is -1.40. The number of aromatic nitrogens is 2. The van der Waals surface area contributed by atoms with Crippen LogP contribution in [0.25, 0.3) is 11.0 Å². The normalized spacial score (nSPS) is 13.1. The summed E-state index contributed by atoms with van der Waals surface area (Å²) in [6.45, 7) is 3.95. The van der Waals surface area contributed by atoms with Crippen LogP contribution < -0.4 is 5.32 Å². The number of H-pyrrole nitrogens is 1. The van der Waals surface area contributed by atoms with Crippen LogP contribution in [0.4, 0.5) is 0 Å². The minimum Gasteiger partial charge on any atom is -0.340 e. The standard InChI is InChI=1S/C12H17N3O2S/c1-12(2,13-3)11-14-8-6-5-7-9(10(8)15-11)18(4,16)17/h5-7,13H,1-4H3,(H,14,15). The van der Waals surface area contributed by atoms with Crippen molar-refractivity contribution in [2.24, 2.45) is 0 Å². The predicted octanol–water partition coefficient (Wildman–Crippen LogP) is 1.42. The number of hydrogen-bond acceptors (Lipinski definition) is 4. The number of aromatic amines is 1. The predicted molar refractivity (Wildman–Crippen MR) is 71.3 cm³/mol. The van der Waals surface area contributed by atoms with Gasteiger partial charge in [-0.05, 0) is 33.0 Å². The Bertz CT molecular complexity index is 686. The molecule has 2 rings (SSSR count). The van der Waals surface area contributed by atoms with Gasteiger partial charge in [-0.2, -0.15) is 0 Å². The average Bonchev–Trinajstić information content (AvgIpc) is 2.71. The minimum atomic E-state index is -3.27. The third kappa shape index (κ3) is 2.13. The van der Waals surface area contributed by atoms with Crippen molar-refractivity contribution in [2.45, 2.75) is 24.3 Å². The molecule has 1 heterocycles. The van der Waals surface area contributed by atoms with Crippen molar-refractivity contribution in [3.63, 3.8) is 0 Å². The van der Waals surface area contributed by atoms with Gasteiger partial charge in [-0.1, -0.05) is 6.07 Å². The van der Waals surface area contributed by atoms with E-state index in [0.29, 0.717) is 5.52 Å². The van der Waals surface area contributed by atoms with E-state index in [4.69, 9.17) is 0 Å². The van der Waals surface area contributed by atoms with E-state index >= 15 is 0 Å². The molecule has 18 heavy (non-hydrogen) atoms. The largest absolute Gasteiger partial charge is 0.340 e. The van der Waals surface area contributed by atoms with Gasteiger partial charge >= 0.3 is 0 Å². The van der Waals surface area contributed by atoms with Gasteiger partial charge in [0.05, 0.1) is 16.0 Å². The first-order chi connectivity index (χ1) is 8.25. The number of fused-ring (bicyclic) bond motifs is 1. The molecule has 0 saturated carbocycles. The van der Waals surface area contributed by atoms with E-state index in [-0.39, 0.29) is 10.4 Å². The molecule has 0 aliphatic rings. The molecule has 5 nitrogen and oxygen atoms in total. The van der Waals surface area contributed by atoms with Crippen LogP contribution in [-0.4, -0.2) is 31.7 Å². The summed E-state index contributed by atoms with van der Waals surface area (Å²) in [7, 11) is -1.43. The van der Waals surface area contributed by atoms with E-state index in [0.717, 1.165) is 11.3 Å². The first-order valence-electron chi connectivity index (χ1n) is 5.64. The lowest BCUT2D eigenvalue weighted by Gasteiger charge is -2.20. The second-order valence-corrected chi connectivity index (χ2v) is 6.87. The lowest BCUT2D eigenvalue weighted by Crippen LogP contribution is -2.34. The number of para-hydroxylation sites is 1. The van der Waals surface area contributed by atoms with Crippen molar-refractivity contribution in [3.05, 3.63) is 24.0 Å². The summed E-state index contributed by atoms with van der Waals surface area (Å²) >= 11 is 0. The van der Waals surface area contributed by atoms with Gasteiger partial charge in [0.2, 0.25) is 0 Å². The van der Waals surface area contributed by atoms with E-state index in [9.17, 15) is 8.42 Å². The highest BCUT2D eigenvalue weighted by Crippen LogP contribution is 2.25. The fourth-order valence-corrected chi connectivity index (χ4v) is 2.55. The number of imidazole rings is 1. The van der Waals surface area contributed by atoms with Gasteiger partial charge in [0.15, 0.2) is 9.84 Å². The highest BCUT2D eigenvalue weighted by atomic mass is 32.2. The smallest absolute Gasteiger partial charge is 0.177 e. The van der Waals surface area contributed by atoms with Crippen LogP contribution in [-0.2, 0) is 15.4 Å². The van der Waals surface area contributed by atoms with E-state index in [1.807, 2.05) is 27.0 Å². The third-order valence-corrected chi connectivity index (χ3v) is 4.22. The van der Waals surface area contributed by atoms with Gasteiger partial charge in [0, 0.05) is 6.26 Å². The summed E-state index contributed by atoms with van der Waals surface area (Å²) in [4.78, 5) is 7.84. The summed E-state index contributed by atoms with van der Waals surface area (Å²) in [5.41, 5.74) is 0.892. The molecule has 0 radical (unpaired) electrons. The summed E-state index contributed by atoms with van der Waals surface area (Å²) in [6, 6.07) is 5.12. The molecule has 0 fully saturated rings. The number of benzene rings is 1. The van der Waals surface area contributed by atoms with Gasteiger partial charge in [-0.25, -0.2) is 13.4 Å². The van der Waals surface area contributed by atoms with Crippen molar-refractivity contribution in [1.29, 1.82) is 0 Å². The Morgan fingerprint density at radius 1 is 1.33 bits per heavy atom. The Morgan fingerprint density at radius 3 is 2.56 bits per heavy atom. The first kappa shape index (κ1) is 13.0. The van der Waals surface area contributed by atoms with Crippen molar-refractivity contribution in [1.82, 2.24) is 15.3 Å². The van der Waals surface area contributed by atoms with Crippen LogP contribution in [0.1, 0.15) is 19.7 Å². The summed E-state index contributed by atoms with van der Waals surface area (Å²) in [6.07, 6.45) is 1.19. The molecular formula is C12H17N3O2S. The van der Waals surface area contributed by atoms with Crippen LogP contribution in [0.2, 0.25) is 0 Å². The summed E-state index contributed by atoms with van der Waals surface area (Å²) in [5.74, 6) is 0.719. The molecule has 0 bridgehead atoms. The maximum atomic E-state index is 11.7. The lowest BCUT2D eigenvalue weighted by atomic mass is 10.1. The third-order valence-electron chi connectivity index (χ3n) is 3.09. The quantitative estimate of drug-likeness (QED) is 0.882. The second kappa shape index (κ2) is 4.07. The van der Waals surface area contributed by atoms with Crippen molar-refractivity contribution < 1.29 is 8.42 Å². The zero-order valence-electron chi connectivity index (χ0n) is 10.9. The highest BCUT2D eigenvalue weighted by molar-refractivity contribution is 7.91. The van der Waals surface area contributed by atoms with E-state index in [1.165, 1.54) is 6.26 Å². The highest BCUT2D eigenvalue weighted by Gasteiger charge is 2.24. The van der Waals surface area contributed by atoms with Gasteiger partial charge in [-0.3, -0.25) is 0 Å². The molecule has 0 atom stereocenters. The van der Waals surface area contributed by atoms with Crippen LogP contribution in [0, 0.1) is 0 Å². The van der Waals surface area contributed by atoms with Crippen LogP contribution in [0.3, 0.4) is 0 Å². The number of nitrogens with zero attached hydrogens (tertiary/aromatic N) is 1. The first-order valence-corrected chi connectivity index (χ1v) is 7.53. The Kier molecular flexibility index (Phi) is 2.95. The molecule has 2 aromatic rings. The van der Waals surface area contributed by atoms with Gasteiger partial charge in [0.1, 0.15) is 11.3 Å². The van der Waals surface area contributed by atoms with Crippen molar-refractivity contribution >= 4 is 20.9 Å². The van der Waals surface area contributed by atoms with E-state index in [2.05, 4.69) is 15.3 Å². The van der Waals surface area contributed by atoms with Crippen molar-refractivity contribution in [3.8, 4) is 0 Å². The number of hydrogen-bond donors (Lipinski definition) is 2. The number of rotatable bonds is 3. The Morgan fingerprint density at radius 2 is 2.00 bits per heavy atom. The van der Waals surface area contributed by atoms with E-state index < -0.39 is 9.84 Å². The summed E-state index contributed by atoms with van der Waals surface area (Å²) in [5, 5.41) is 3.13. The molecule has 1 aromatic heterocycles. The zero-order chi connectivity index (χ0) is 13.6. The minimum absolute atomic E-state index is 0.259. The maximum absolute atomic E-state index is 11.7.